The van der Waals surface area contributed by atoms with Gasteiger partial charge in [0.15, 0.2) is 0 Å². The van der Waals surface area contributed by atoms with Crippen LogP contribution in [0.15, 0.2) is 85.2 Å². The van der Waals surface area contributed by atoms with Crippen molar-refractivity contribution in [1.29, 1.82) is 0 Å². The van der Waals surface area contributed by atoms with Crippen LogP contribution < -0.4 is 9.64 Å². The van der Waals surface area contributed by atoms with Crippen LogP contribution in [0, 0.1) is 0 Å². The van der Waals surface area contributed by atoms with Crippen molar-refractivity contribution in [2.75, 3.05) is 4.90 Å². The predicted octanol–water partition coefficient (Wildman–Crippen LogP) is 3.62. The molecule has 0 spiro atoms. The fraction of sp³-hybridized carbons (Fsp3) is 0.100. The maximum Gasteiger partial charge on any atom is 0.271 e. The van der Waals surface area contributed by atoms with Crippen molar-refractivity contribution in [3.8, 4) is 5.75 Å². The van der Waals surface area contributed by atoms with Gasteiger partial charge in [0, 0.05) is 18.1 Å². The van der Waals surface area contributed by atoms with Crippen molar-refractivity contribution in [1.82, 2.24) is 4.98 Å². The van der Waals surface area contributed by atoms with Crippen LogP contribution in [0.4, 0.5) is 5.69 Å². The van der Waals surface area contributed by atoms with Crippen LogP contribution in [-0.2, 0) is 4.79 Å². The molecule has 2 atom stereocenters. The van der Waals surface area contributed by atoms with E-state index in [0.717, 1.165) is 11.3 Å². The van der Waals surface area contributed by atoms with Gasteiger partial charge in [-0.05, 0) is 42.0 Å². The Morgan fingerprint density at radius 1 is 0.833 bits per heavy atom. The SMILES string of the molecule is O=C1[C@@H](Oc2ccccc2)[C@@H](c2ccncc2)N1c1ccccc1. The summed E-state index contributed by atoms with van der Waals surface area (Å²) in [6.45, 7) is 0. The van der Waals surface area contributed by atoms with Crippen molar-refractivity contribution in [3.63, 3.8) is 0 Å². The molecule has 1 aromatic heterocycles. The number of ether oxygens (including phenoxy) is 1. The average Bonchev–Trinajstić information content (AvgIpc) is 2.66. The normalized spacial score (nSPS) is 19.7. The number of hydrogen-bond donors (Lipinski definition) is 0. The maximum atomic E-state index is 12.7. The lowest BCUT2D eigenvalue weighted by atomic mass is 9.90. The van der Waals surface area contributed by atoms with Crippen molar-refractivity contribution in [3.05, 3.63) is 90.8 Å². The molecule has 0 unspecified atom stereocenters. The lowest BCUT2D eigenvalue weighted by Crippen LogP contribution is -2.61. The molecule has 0 bridgehead atoms. The molecule has 4 rings (SSSR count). The number of carbonyl (C=O) groups excluding carboxylic acids is 1. The Morgan fingerprint density at radius 2 is 1.46 bits per heavy atom. The number of amides is 1. The molecule has 118 valence electrons. The molecular weight excluding hydrogens is 300 g/mol. The zero-order valence-electron chi connectivity index (χ0n) is 12.9. The summed E-state index contributed by atoms with van der Waals surface area (Å²) >= 11 is 0. The quantitative estimate of drug-likeness (QED) is 0.690. The van der Waals surface area contributed by atoms with Gasteiger partial charge in [-0.15, -0.1) is 0 Å². The van der Waals surface area contributed by atoms with E-state index in [2.05, 4.69) is 4.98 Å². The zero-order valence-corrected chi connectivity index (χ0v) is 12.9. The molecule has 3 aromatic rings. The van der Waals surface area contributed by atoms with Gasteiger partial charge in [-0.1, -0.05) is 36.4 Å². The summed E-state index contributed by atoms with van der Waals surface area (Å²) in [5, 5.41) is 0. The third-order valence-corrected chi connectivity index (χ3v) is 4.13. The molecule has 1 aliphatic heterocycles. The van der Waals surface area contributed by atoms with E-state index in [1.54, 1.807) is 17.3 Å². The largest absolute Gasteiger partial charge is 0.478 e. The van der Waals surface area contributed by atoms with E-state index in [1.807, 2.05) is 72.8 Å². The van der Waals surface area contributed by atoms with Crippen molar-refractivity contribution in [2.45, 2.75) is 12.1 Å². The number of benzene rings is 2. The lowest BCUT2D eigenvalue weighted by Gasteiger charge is -2.46. The van der Waals surface area contributed by atoms with Gasteiger partial charge in [-0.2, -0.15) is 0 Å². The van der Waals surface area contributed by atoms with Crippen LogP contribution in [-0.4, -0.2) is 17.0 Å². The Balaban J connectivity index is 1.68. The van der Waals surface area contributed by atoms with Crippen LogP contribution in [0.3, 0.4) is 0 Å². The average molecular weight is 316 g/mol. The highest BCUT2D eigenvalue weighted by atomic mass is 16.5. The Morgan fingerprint density at radius 3 is 2.12 bits per heavy atom. The molecule has 0 aliphatic carbocycles. The second kappa shape index (κ2) is 6.16. The Bertz CT molecular complexity index is 822. The van der Waals surface area contributed by atoms with Crippen LogP contribution in [0.1, 0.15) is 11.6 Å². The molecule has 1 saturated heterocycles. The third-order valence-electron chi connectivity index (χ3n) is 4.13. The highest BCUT2D eigenvalue weighted by molar-refractivity contribution is 6.05. The first kappa shape index (κ1) is 14.5. The summed E-state index contributed by atoms with van der Waals surface area (Å²) < 4.78 is 5.97. The van der Waals surface area contributed by atoms with E-state index in [4.69, 9.17) is 4.74 Å². The van der Waals surface area contributed by atoms with Gasteiger partial charge in [0.25, 0.3) is 5.91 Å². The first-order valence-corrected chi connectivity index (χ1v) is 7.84. The van der Waals surface area contributed by atoms with Crippen LogP contribution in [0.2, 0.25) is 0 Å². The number of carbonyl (C=O) groups is 1. The molecule has 24 heavy (non-hydrogen) atoms. The van der Waals surface area contributed by atoms with Crippen molar-refractivity contribution >= 4 is 11.6 Å². The summed E-state index contributed by atoms with van der Waals surface area (Å²) in [6, 6.07) is 22.8. The molecule has 1 fully saturated rings. The first-order valence-electron chi connectivity index (χ1n) is 7.84. The van der Waals surface area contributed by atoms with E-state index in [9.17, 15) is 4.79 Å². The fourth-order valence-corrected chi connectivity index (χ4v) is 2.98. The smallest absolute Gasteiger partial charge is 0.271 e. The van der Waals surface area contributed by atoms with Gasteiger partial charge in [0.1, 0.15) is 11.8 Å². The van der Waals surface area contributed by atoms with Gasteiger partial charge < -0.3 is 4.74 Å². The van der Waals surface area contributed by atoms with E-state index >= 15 is 0 Å². The Hall–Kier alpha value is -3.14. The summed E-state index contributed by atoms with van der Waals surface area (Å²) in [6.07, 6.45) is 2.94. The monoisotopic (exact) mass is 316 g/mol. The van der Waals surface area contributed by atoms with Crippen molar-refractivity contribution < 1.29 is 9.53 Å². The van der Waals surface area contributed by atoms with Crippen LogP contribution >= 0.6 is 0 Å². The van der Waals surface area contributed by atoms with Crippen molar-refractivity contribution in [2.24, 2.45) is 0 Å². The van der Waals surface area contributed by atoms with Gasteiger partial charge in [0.05, 0.1) is 0 Å². The van der Waals surface area contributed by atoms with E-state index in [0.29, 0.717) is 5.75 Å². The fourth-order valence-electron chi connectivity index (χ4n) is 2.98. The summed E-state index contributed by atoms with van der Waals surface area (Å²) in [5.41, 5.74) is 1.88. The number of nitrogens with zero attached hydrogens (tertiary/aromatic N) is 2. The molecule has 2 aromatic carbocycles. The second-order valence-corrected chi connectivity index (χ2v) is 5.62. The van der Waals surface area contributed by atoms with Crippen LogP contribution in [0.25, 0.3) is 0 Å². The third kappa shape index (κ3) is 2.52. The highest BCUT2D eigenvalue weighted by Crippen LogP contribution is 2.40. The second-order valence-electron chi connectivity index (χ2n) is 5.62. The Kier molecular flexibility index (Phi) is 3.71. The van der Waals surface area contributed by atoms with Gasteiger partial charge in [-0.3, -0.25) is 14.7 Å². The van der Waals surface area contributed by atoms with E-state index in [-0.39, 0.29) is 11.9 Å². The molecular formula is C20H16N2O2. The van der Waals surface area contributed by atoms with E-state index < -0.39 is 6.10 Å². The number of aromatic nitrogens is 1. The number of rotatable bonds is 4. The maximum absolute atomic E-state index is 12.7. The number of para-hydroxylation sites is 2. The minimum Gasteiger partial charge on any atom is -0.478 e. The summed E-state index contributed by atoms with van der Waals surface area (Å²) in [7, 11) is 0. The minimum atomic E-state index is -0.532. The number of pyridine rings is 1. The van der Waals surface area contributed by atoms with Gasteiger partial charge >= 0.3 is 0 Å². The van der Waals surface area contributed by atoms with E-state index in [1.165, 1.54) is 0 Å². The topological polar surface area (TPSA) is 42.4 Å². The van der Waals surface area contributed by atoms with Gasteiger partial charge in [-0.25, -0.2) is 0 Å². The summed E-state index contributed by atoms with van der Waals surface area (Å²) in [4.78, 5) is 18.6. The molecule has 0 saturated carbocycles. The standard InChI is InChI=1S/C20H16N2O2/c23-20-19(24-17-9-5-2-6-10-17)18(15-11-13-21-14-12-15)22(20)16-7-3-1-4-8-16/h1-14,18-19H/t18-,19+/m1/s1. The molecule has 2 heterocycles. The number of hydrogen-bond acceptors (Lipinski definition) is 3. The molecule has 4 nitrogen and oxygen atoms in total. The highest BCUT2D eigenvalue weighted by Gasteiger charge is 2.50. The number of anilines is 1. The zero-order chi connectivity index (χ0) is 16.4. The molecule has 4 heteroatoms. The molecule has 1 amide bonds. The van der Waals surface area contributed by atoms with Gasteiger partial charge in [0.2, 0.25) is 6.10 Å². The van der Waals surface area contributed by atoms with Crippen LogP contribution in [0.5, 0.6) is 5.75 Å². The molecule has 0 N–H and O–H groups in total. The summed E-state index contributed by atoms with van der Waals surface area (Å²) in [5.74, 6) is 0.662. The predicted molar refractivity (Wildman–Crippen MR) is 91.8 cm³/mol. The number of β-lactam (4-membered cyclic amide) rings is 1. The Labute approximate surface area is 140 Å². The lowest BCUT2D eigenvalue weighted by molar-refractivity contribution is -0.135. The first-order chi connectivity index (χ1) is 11.8. The minimum absolute atomic E-state index is 0.0353. The molecule has 1 aliphatic rings. The molecule has 0 radical (unpaired) electrons.